The van der Waals surface area contributed by atoms with E-state index in [1.54, 1.807) is 0 Å². The molecule has 1 aromatic heterocycles. The van der Waals surface area contributed by atoms with Gasteiger partial charge >= 0.3 is 0 Å². The van der Waals surface area contributed by atoms with E-state index in [1.807, 2.05) is 0 Å². The Balaban J connectivity index is 1.73. The number of benzene rings is 2. The minimum atomic E-state index is 0.770. The second-order valence-corrected chi connectivity index (χ2v) is 5.83. The van der Waals surface area contributed by atoms with Gasteiger partial charge in [-0.05, 0) is 30.5 Å². The first-order chi connectivity index (χ1) is 10.4. The van der Waals surface area contributed by atoms with E-state index < -0.39 is 0 Å². The highest BCUT2D eigenvalue weighted by molar-refractivity contribution is 5.87. The van der Waals surface area contributed by atoms with Crippen LogP contribution < -0.4 is 5.32 Å². The molecule has 4 rings (SSSR count). The zero-order valence-corrected chi connectivity index (χ0v) is 12.1. The van der Waals surface area contributed by atoms with Gasteiger partial charge in [0.05, 0.1) is 0 Å². The van der Waals surface area contributed by atoms with Crippen molar-refractivity contribution in [1.29, 1.82) is 0 Å². The van der Waals surface area contributed by atoms with Gasteiger partial charge in [-0.2, -0.15) is 0 Å². The average molecular weight is 276 g/mol. The molecule has 1 aliphatic carbocycles. The highest BCUT2D eigenvalue weighted by Gasteiger charge is 2.20. The summed E-state index contributed by atoms with van der Waals surface area (Å²) in [6.45, 7) is 2.07. The molecule has 3 aromatic rings. The van der Waals surface area contributed by atoms with E-state index in [0.29, 0.717) is 0 Å². The molecular formula is C19H20N2. The van der Waals surface area contributed by atoms with Crippen molar-refractivity contribution in [3.8, 4) is 11.3 Å². The fourth-order valence-electron chi connectivity index (χ4n) is 2.97. The summed E-state index contributed by atoms with van der Waals surface area (Å²) in [5, 5.41) is 4.94. The number of nitrogens with one attached hydrogen (secondary N) is 1. The van der Waals surface area contributed by atoms with Crippen molar-refractivity contribution >= 4 is 10.9 Å². The third kappa shape index (κ3) is 2.59. The van der Waals surface area contributed by atoms with E-state index in [0.717, 1.165) is 19.1 Å². The molecule has 0 bridgehead atoms. The van der Waals surface area contributed by atoms with Gasteiger partial charge < -0.3 is 9.88 Å². The van der Waals surface area contributed by atoms with Gasteiger partial charge in [0.15, 0.2) is 0 Å². The van der Waals surface area contributed by atoms with Gasteiger partial charge in [0.2, 0.25) is 0 Å². The number of fused-ring (bicyclic) bond motifs is 1. The van der Waals surface area contributed by atoms with Crippen molar-refractivity contribution in [2.75, 3.05) is 6.54 Å². The van der Waals surface area contributed by atoms with Gasteiger partial charge in [0, 0.05) is 35.7 Å². The first-order valence-electron chi connectivity index (χ1n) is 7.79. The van der Waals surface area contributed by atoms with Crippen LogP contribution in [0.1, 0.15) is 12.8 Å². The van der Waals surface area contributed by atoms with Crippen LogP contribution in [-0.4, -0.2) is 17.2 Å². The van der Waals surface area contributed by atoms with Crippen LogP contribution in [0.3, 0.4) is 0 Å². The number of para-hydroxylation sites is 1. The van der Waals surface area contributed by atoms with Gasteiger partial charge in [0.1, 0.15) is 0 Å². The smallest absolute Gasteiger partial charge is 0.0491 e. The minimum Gasteiger partial charge on any atom is -0.339 e. The predicted molar refractivity (Wildman–Crippen MR) is 88.4 cm³/mol. The zero-order valence-electron chi connectivity index (χ0n) is 12.1. The first-order valence-corrected chi connectivity index (χ1v) is 7.79. The Bertz CT molecular complexity index is 739. The average Bonchev–Trinajstić information content (AvgIpc) is 3.29. The molecule has 0 aliphatic heterocycles. The van der Waals surface area contributed by atoms with Crippen molar-refractivity contribution in [2.24, 2.45) is 0 Å². The molecule has 2 aromatic carbocycles. The van der Waals surface area contributed by atoms with E-state index in [2.05, 4.69) is 70.5 Å². The summed E-state index contributed by atoms with van der Waals surface area (Å²) in [6, 6.07) is 22.4. The summed E-state index contributed by atoms with van der Waals surface area (Å²) < 4.78 is 2.44. The molecule has 1 saturated carbocycles. The lowest BCUT2D eigenvalue weighted by atomic mass is 10.1. The first kappa shape index (κ1) is 12.7. The molecular weight excluding hydrogens is 256 g/mol. The van der Waals surface area contributed by atoms with Crippen molar-refractivity contribution in [2.45, 2.75) is 25.4 Å². The van der Waals surface area contributed by atoms with E-state index in [-0.39, 0.29) is 0 Å². The molecule has 2 nitrogen and oxygen atoms in total. The van der Waals surface area contributed by atoms with Crippen LogP contribution in [0.5, 0.6) is 0 Å². The third-order valence-electron chi connectivity index (χ3n) is 4.23. The molecule has 1 aliphatic rings. The van der Waals surface area contributed by atoms with Gasteiger partial charge in [-0.15, -0.1) is 0 Å². The Morgan fingerprint density at radius 1 is 0.952 bits per heavy atom. The van der Waals surface area contributed by atoms with Gasteiger partial charge in [-0.1, -0.05) is 48.5 Å². The highest BCUT2D eigenvalue weighted by Crippen LogP contribution is 2.28. The van der Waals surface area contributed by atoms with Crippen LogP contribution in [0.15, 0.2) is 60.7 Å². The molecule has 21 heavy (non-hydrogen) atoms. The quantitative estimate of drug-likeness (QED) is 0.743. The number of rotatable bonds is 5. The molecule has 0 amide bonds. The maximum absolute atomic E-state index is 3.62. The second-order valence-electron chi connectivity index (χ2n) is 5.83. The fourth-order valence-corrected chi connectivity index (χ4v) is 2.97. The van der Waals surface area contributed by atoms with Crippen molar-refractivity contribution < 1.29 is 0 Å². The van der Waals surface area contributed by atoms with Crippen molar-refractivity contribution in [1.82, 2.24) is 9.88 Å². The van der Waals surface area contributed by atoms with Crippen molar-refractivity contribution in [3.05, 3.63) is 60.7 Å². The van der Waals surface area contributed by atoms with Gasteiger partial charge in [-0.25, -0.2) is 0 Å². The van der Waals surface area contributed by atoms with E-state index in [9.17, 15) is 0 Å². The number of aromatic nitrogens is 1. The molecule has 2 heteroatoms. The SMILES string of the molecule is c1ccc(-c2cc3ccccc3n2CCNC2CC2)cc1. The molecule has 1 N–H and O–H groups in total. The Kier molecular flexibility index (Phi) is 3.24. The summed E-state index contributed by atoms with van der Waals surface area (Å²) in [4.78, 5) is 0. The fraction of sp³-hybridized carbons (Fsp3) is 0.263. The monoisotopic (exact) mass is 276 g/mol. The van der Waals surface area contributed by atoms with Gasteiger partial charge in [-0.3, -0.25) is 0 Å². The summed E-state index contributed by atoms with van der Waals surface area (Å²) in [6.07, 6.45) is 2.69. The standard InChI is InChI=1S/C19H20N2/c1-2-6-15(7-3-1)19-14-16-8-4-5-9-18(16)21(19)13-12-20-17-10-11-17/h1-9,14,17,20H,10-13H2. The molecule has 0 atom stereocenters. The third-order valence-corrected chi connectivity index (χ3v) is 4.23. The molecule has 0 saturated heterocycles. The highest BCUT2D eigenvalue weighted by atomic mass is 15.0. The van der Waals surface area contributed by atoms with Crippen LogP contribution in [0, 0.1) is 0 Å². The Morgan fingerprint density at radius 3 is 2.52 bits per heavy atom. The summed E-state index contributed by atoms with van der Waals surface area (Å²) in [5.41, 5.74) is 3.93. The van der Waals surface area contributed by atoms with E-state index in [1.165, 1.54) is 35.0 Å². The minimum absolute atomic E-state index is 0.770. The molecule has 0 unspecified atom stereocenters. The van der Waals surface area contributed by atoms with E-state index in [4.69, 9.17) is 0 Å². The maximum atomic E-state index is 3.62. The molecule has 106 valence electrons. The second kappa shape index (κ2) is 5.38. The number of hydrogen-bond acceptors (Lipinski definition) is 1. The van der Waals surface area contributed by atoms with Crippen LogP contribution in [-0.2, 0) is 6.54 Å². The maximum Gasteiger partial charge on any atom is 0.0491 e. The number of nitrogens with zero attached hydrogens (tertiary/aromatic N) is 1. The lowest BCUT2D eigenvalue weighted by molar-refractivity contribution is 0.609. The molecule has 1 heterocycles. The van der Waals surface area contributed by atoms with Crippen LogP contribution in [0.4, 0.5) is 0 Å². The van der Waals surface area contributed by atoms with Crippen molar-refractivity contribution in [3.63, 3.8) is 0 Å². The lowest BCUT2D eigenvalue weighted by Crippen LogP contribution is -2.22. The van der Waals surface area contributed by atoms with Crippen LogP contribution in [0.25, 0.3) is 22.2 Å². The summed E-state index contributed by atoms with van der Waals surface area (Å²) in [5.74, 6) is 0. The molecule has 0 radical (unpaired) electrons. The zero-order chi connectivity index (χ0) is 14.1. The molecule has 0 spiro atoms. The Hall–Kier alpha value is -2.06. The molecule has 1 fully saturated rings. The Labute approximate surface area is 125 Å². The number of hydrogen-bond donors (Lipinski definition) is 1. The van der Waals surface area contributed by atoms with E-state index >= 15 is 0 Å². The van der Waals surface area contributed by atoms with Crippen LogP contribution >= 0.6 is 0 Å². The predicted octanol–water partition coefficient (Wildman–Crippen LogP) is 4.06. The van der Waals surface area contributed by atoms with Crippen LogP contribution in [0.2, 0.25) is 0 Å². The topological polar surface area (TPSA) is 17.0 Å². The lowest BCUT2D eigenvalue weighted by Gasteiger charge is -2.11. The largest absolute Gasteiger partial charge is 0.339 e. The normalized spacial score (nSPS) is 14.7. The Morgan fingerprint density at radius 2 is 1.71 bits per heavy atom. The summed E-state index contributed by atoms with van der Waals surface area (Å²) in [7, 11) is 0. The van der Waals surface area contributed by atoms with Gasteiger partial charge in [0.25, 0.3) is 0 Å². The summed E-state index contributed by atoms with van der Waals surface area (Å²) >= 11 is 0.